The van der Waals surface area contributed by atoms with Crippen molar-refractivity contribution in [1.29, 1.82) is 0 Å². The molecule has 0 unspecified atom stereocenters. The monoisotopic (exact) mass is 227 g/mol. The van der Waals surface area contributed by atoms with Gasteiger partial charge in [-0.15, -0.1) is 11.6 Å². The Labute approximate surface area is 96.6 Å². The third-order valence-electron chi connectivity index (χ3n) is 2.31. The van der Waals surface area contributed by atoms with E-state index in [0.717, 1.165) is 36.3 Å². The van der Waals surface area contributed by atoms with Gasteiger partial charge in [-0.1, -0.05) is 13.3 Å². The van der Waals surface area contributed by atoms with Crippen LogP contribution in [0.3, 0.4) is 0 Å². The van der Waals surface area contributed by atoms with Gasteiger partial charge >= 0.3 is 0 Å². The Kier molecular flexibility index (Phi) is 4.89. The first-order chi connectivity index (χ1) is 7.19. The van der Waals surface area contributed by atoms with Gasteiger partial charge in [-0.25, -0.2) is 4.98 Å². The van der Waals surface area contributed by atoms with E-state index >= 15 is 0 Å². The smallest absolute Gasteiger partial charge is 0.218 e. The lowest BCUT2D eigenvalue weighted by atomic mass is 10.1. The second-order valence-electron chi connectivity index (χ2n) is 3.70. The van der Waals surface area contributed by atoms with Gasteiger partial charge in [0.1, 0.15) is 0 Å². The van der Waals surface area contributed by atoms with Crippen molar-refractivity contribution < 1.29 is 4.74 Å². The summed E-state index contributed by atoms with van der Waals surface area (Å²) >= 11 is 5.88. The van der Waals surface area contributed by atoms with Crippen LogP contribution in [0.15, 0.2) is 6.07 Å². The maximum atomic E-state index is 5.88. The van der Waals surface area contributed by atoms with Crippen molar-refractivity contribution in [2.75, 3.05) is 6.61 Å². The quantitative estimate of drug-likeness (QED) is 0.566. The highest BCUT2D eigenvalue weighted by molar-refractivity contribution is 6.17. The molecule has 1 rings (SSSR count). The Balaban J connectivity index is 2.84. The van der Waals surface area contributed by atoms with Crippen LogP contribution in [-0.4, -0.2) is 11.6 Å². The fourth-order valence-corrected chi connectivity index (χ4v) is 1.75. The van der Waals surface area contributed by atoms with Gasteiger partial charge in [0.15, 0.2) is 0 Å². The number of aromatic nitrogens is 1. The van der Waals surface area contributed by atoms with Gasteiger partial charge in [-0.2, -0.15) is 0 Å². The SMILES string of the molecule is CCCCOc1nc(C)cc(C)c1CCl. The summed E-state index contributed by atoms with van der Waals surface area (Å²) in [5.74, 6) is 1.16. The third kappa shape index (κ3) is 3.38. The molecule has 1 heterocycles. The molecule has 2 nitrogen and oxygen atoms in total. The van der Waals surface area contributed by atoms with E-state index in [-0.39, 0.29) is 0 Å². The molecule has 0 amide bonds. The molecule has 1 aromatic heterocycles. The van der Waals surface area contributed by atoms with E-state index in [4.69, 9.17) is 16.3 Å². The molecule has 0 aliphatic rings. The van der Waals surface area contributed by atoms with Crippen molar-refractivity contribution in [2.45, 2.75) is 39.5 Å². The fourth-order valence-electron chi connectivity index (χ4n) is 1.42. The molecule has 0 saturated carbocycles. The summed E-state index contributed by atoms with van der Waals surface area (Å²) in [5, 5.41) is 0. The molecule has 0 aromatic carbocycles. The van der Waals surface area contributed by atoms with Crippen LogP contribution < -0.4 is 4.74 Å². The zero-order chi connectivity index (χ0) is 11.3. The first kappa shape index (κ1) is 12.3. The summed E-state index contributed by atoms with van der Waals surface area (Å²) in [5.41, 5.74) is 3.15. The number of hydrogen-bond acceptors (Lipinski definition) is 2. The molecular formula is C12H18ClNO. The van der Waals surface area contributed by atoms with E-state index in [2.05, 4.69) is 11.9 Å². The Morgan fingerprint density at radius 3 is 2.73 bits per heavy atom. The van der Waals surface area contributed by atoms with Crippen molar-refractivity contribution in [3.8, 4) is 5.88 Å². The van der Waals surface area contributed by atoms with Crippen LogP contribution in [0.2, 0.25) is 0 Å². The van der Waals surface area contributed by atoms with E-state index in [9.17, 15) is 0 Å². The molecule has 84 valence electrons. The Morgan fingerprint density at radius 1 is 1.40 bits per heavy atom. The summed E-state index contributed by atoms with van der Waals surface area (Å²) in [6.07, 6.45) is 2.18. The average Bonchev–Trinajstić information content (AvgIpc) is 2.17. The number of pyridine rings is 1. The topological polar surface area (TPSA) is 22.1 Å². The van der Waals surface area contributed by atoms with Crippen LogP contribution in [0.5, 0.6) is 5.88 Å². The molecule has 0 spiro atoms. The molecular weight excluding hydrogens is 210 g/mol. The largest absolute Gasteiger partial charge is 0.477 e. The first-order valence-electron chi connectivity index (χ1n) is 5.35. The molecule has 15 heavy (non-hydrogen) atoms. The van der Waals surface area contributed by atoms with Gasteiger partial charge in [0.25, 0.3) is 0 Å². The lowest BCUT2D eigenvalue weighted by molar-refractivity contribution is 0.294. The number of rotatable bonds is 5. The van der Waals surface area contributed by atoms with E-state index in [1.807, 2.05) is 19.9 Å². The summed E-state index contributed by atoms with van der Waals surface area (Å²) in [4.78, 5) is 4.37. The fraction of sp³-hybridized carbons (Fsp3) is 0.583. The second-order valence-corrected chi connectivity index (χ2v) is 3.97. The van der Waals surface area contributed by atoms with E-state index in [0.29, 0.717) is 11.8 Å². The minimum Gasteiger partial charge on any atom is -0.477 e. The highest BCUT2D eigenvalue weighted by atomic mass is 35.5. The normalized spacial score (nSPS) is 10.4. The summed E-state index contributed by atoms with van der Waals surface area (Å²) in [7, 11) is 0. The number of aryl methyl sites for hydroxylation is 2. The second kappa shape index (κ2) is 5.96. The van der Waals surface area contributed by atoms with Crippen LogP contribution in [-0.2, 0) is 5.88 Å². The van der Waals surface area contributed by atoms with Gasteiger partial charge in [0.2, 0.25) is 5.88 Å². The highest BCUT2D eigenvalue weighted by Crippen LogP contribution is 2.22. The van der Waals surface area contributed by atoms with Crippen molar-refractivity contribution in [1.82, 2.24) is 4.98 Å². The Bertz CT molecular complexity index is 326. The third-order valence-corrected chi connectivity index (χ3v) is 2.58. The van der Waals surface area contributed by atoms with Crippen LogP contribution in [0, 0.1) is 13.8 Å². The molecule has 0 aliphatic heterocycles. The van der Waals surface area contributed by atoms with Crippen LogP contribution in [0.25, 0.3) is 0 Å². The first-order valence-corrected chi connectivity index (χ1v) is 5.88. The zero-order valence-corrected chi connectivity index (χ0v) is 10.4. The number of nitrogens with zero attached hydrogens (tertiary/aromatic N) is 1. The molecule has 0 atom stereocenters. The van der Waals surface area contributed by atoms with E-state index in [1.165, 1.54) is 0 Å². The summed E-state index contributed by atoms with van der Waals surface area (Å²) in [6.45, 7) is 6.87. The van der Waals surface area contributed by atoms with Crippen LogP contribution >= 0.6 is 11.6 Å². The number of hydrogen-bond donors (Lipinski definition) is 0. The molecule has 0 saturated heterocycles. The predicted molar refractivity (Wildman–Crippen MR) is 63.7 cm³/mol. The minimum atomic E-state index is 0.459. The Hall–Kier alpha value is -0.760. The summed E-state index contributed by atoms with van der Waals surface area (Å²) < 4.78 is 5.63. The van der Waals surface area contributed by atoms with Gasteiger partial charge in [-0.05, 0) is 31.9 Å². The van der Waals surface area contributed by atoms with Gasteiger partial charge in [0, 0.05) is 11.3 Å². The van der Waals surface area contributed by atoms with Crippen molar-refractivity contribution in [2.24, 2.45) is 0 Å². The molecule has 0 fully saturated rings. The Morgan fingerprint density at radius 2 is 2.13 bits per heavy atom. The van der Waals surface area contributed by atoms with Crippen LogP contribution in [0.1, 0.15) is 36.6 Å². The van der Waals surface area contributed by atoms with Gasteiger partial charge in [0.05, 0.1) is 12.5 Å². The lowest BCUT2D eigenvalue weighted by Crippen LogP contribution is -2.03. The number of halogens is 1. The highest BCUT2D eigenvalue weighted by Gasteiger charge is 2.08. The maximum Gasteiger partial charge on any atom is 0.218 e. The molecule has 0 aliphatic carbocycles. The predicted octanol–water partition coefficient (Wildman–Crippen LogP) is 3.62. The van der Waals surface area contributed by atoms with E-state index in [1.54, 1.807) is 0 Å². The average molecular weight is 228 g/mol. The lowest BCUT2D eigenvalue weighted by Gasteiger charge is -2.11. The number of unbranched alkanes of at least 4 members (excludes halogenated alkanes) is 1. The maximum absolute atomic E-state index is 5.88. The number of alkyl halides is 1. The number of ether oxygens (including phenoxy) is 1. The molecule has 0 bridgehead atoms. The van der Waals surface area contributed by atoms with Crippen LogP contribution in [0.4, 0.5) is 0 Å². The van der Waals surface area contributed by atoms with Crippen molar-refractivity contribution >= 4 is 11.6 Å². The zero-order valence-electron chi connectivity index (χ0n) is 9.64. The molecule has 3 heteroatoms. The standard InChI is InChI=1S/C12H18ClNO/c1-4-5-6-15-12-11(8-13)9(2)7-10(3)14-12/h7H,4-6,8H2,1-3H3. The minimum absolute atomic E-state index is 0.459. The van der Waals surface area contributed by atoms with Crippen molar-refractivity contribution in [3.63, 3.8) is 0 Å². The van der Waals surface area contributed by atoms with Crippen molar-refractivity contribution in [3.05, 3.63) is 22.9 Å². The van der Waals surface area contributed by atoms with E-state index < -0.39 is 0 Å². The molecule has 1 aromatic rings. The van der Waals surface area contributed by atoms with Gasteiger partial charge in [-0.3, -0.25) is 0 Å². The molecule has 0 radical (unpaired) electrons. The van der Waals surface area contributed by atoms with Gasteiger partial charge < -0.3 is 4.74 Å². The summed E-state index contributed by atoms with van der Waals surface area (Å²) in [6, 6.07) is 2.03. The molecule has 0 N–H and O–H groups in total.